The third kappa shape index (κ3) is 6.61. The molecular weight excluding hydrogens is 404 g/mol. The van der Waals surface area contributed by atoms with Crippen molar-refractivity contribution in [2.24, 2.45) is 5.16 Å². The largest absolute Gasteiger partial charge is 0.489 e. The van der Waals surface area contributed by atoms with Crippen LogP contribution in [-0.4, -0.2) is 79.4 Å². The van der Waals surface area contributed by atoms with E-state index in [0.717, 1.165) is 70.0 Å². The van der Waals surface area contributed by atoms with Crippen LogP contribution in [0, 0.1) is 0 Å². The standard InChI is InChI=1S/C23H34N4O3.C2H6/c1-18(2)29-22-8-4-3-7-21(22)26-13-11-25(12-14-26)17-20-15-19(24-30-20)16-27-10-6-5-9-23(27)28;1-2/h3-4,7-8,18,20H,5-6,9-17H2,1-2H3;1-2H3. The number of hydrogen-bond donors (Lipinski definition) is 0. The van der Waals surface area contributed by atoms with Gasteiger partial charge in [0.2, 0.25) is 5.91 Å². The molecule has 0 aliphatic carbocycles. The fourth-order valence-corrected chi connectivity index (χ4v) is 4.46. The third-order valence-electron chi connectivity index (χ3n) is 5.99. The molecule has 32 heavy (non-hydrogen) atoms. The third-order valence-corrected chi connectivity index (χ3v) is 5.99. The molecule has 3 aliphatic rings. The first-order chi connectivity index (χ1) is 15.6. The van der Waals surface area contributed by atoms with Crippen LogP contribution in [-0.2, 0) is 9.63 Å². The average Bonchev–Trinajstić information content (AvgIpc) is 3.24. The predicted molar refractivity (Wildman–Crippen MR) is 130 cm³/mol. The van der Waals surface area contributed by atoms with Crippen molar-refractivity contribution in [2.45, 2.75) is 65.6 Å². The van der Waals surface area contributed by atoms with Gasteiger partial charge < -0.3 is 19.4 Å². The number of piperidine rings is 1. The molecule has 0 saturated carbocycles. The Morgan fingerprint density at radius 1 is 1.09 bits per heavy atom. The number of anilines is 1. The molecule has 1 unspecified atom stereocenters. The van der Waals surface area contributed by atoms with E-state index in [1.165, 1.54) is 5.69 Å². The van der Waals surface area contributed by atoms with Crippen LogP contribution in [0.1, 0.15) is 53.4 Å². The molecule has 0 spiro atoms. The summed E-state index contributed by atoms with van der Waals surface area (Å²) >= 11 is 0. The molecule has 7 nitrogen and oxygen atoms in total. The Balaban J connectivity index is 0.00000141. The lowest BCUT2D eigenvalue weighted by atomic mass is 10.1. The number of oxime groups is 1. The Labute approximate surface area is 193 Å². The number of para-hydroxylation sites is 2. The molecule has 4 rings (SSSR count). The van der Waals surface area contributed by atoms with Gasteiger partial charge in [-0.15, -0.1) is 0 Å². The van der Waals surface area contributed by atoms with E-state index in [-0.39, 0.29) is 18.1 Å². The van der Waals surface area contributed by atoms with Gasteiger partial charge in [-0.2, -0.15) is 0 Å². The normalized spacial score (nSPS) is 21.7. The second kappa shape index (κ2) is 12.1. The fourth-order valence-electron chi connectivity index (χ4n) is 4.46. The van der Waals surface area contributed by atoms with Crippen LogP contribution in [0.15, 0.2) is 29.4 Å². The smallest absolute Gasteiger partial charge is 0.222 e. The maximum atomic E-state index is 12.0. The molecule has 1 aromatic carbocycles. The van der Waals surface area contributed by atoms with Crippen molar-refractivity contribution >= 4 is 17.3 Å². The van der Waals surface area contributed by atoms with Crippen LogP contribution in [0.3, 0.4) is 0 Å². The molecule has 0 bridgehead atoms. The number of likely N-dealkylation sites (tertiary alicyclic amines) is 1. The molecule has 178 valence electrons. The van der Waals surface area contributed by atoms with E-state index >= 15 is 0 Å². The lowest BCUT2D eigenvalue weighted by Gasteiger charge is -2.37. The quantitative estimate of drug-likeness (QED) is 0.641. The van der Waals surface area contributed by atoms with Gasteiger partial charge in [0.25, 0.3) is 0 Å². The lowest BCUT2D eigenvalue weighted by molar-refractivity contribution is -0.132. The molecule has 2 saturated heterocycles. The summed E-state index contributed by atoms with van der Waals surface area (Å²) in [5, 5.41) is 4.28. The highest BCUT2D eigenvalue weighted by molar-refractivity contribution is 5.91. The minimum atomic E-state index is 0.100. The fraction of sp³-hybridized carbons (Fsp3) is 0.680. The van der Waals surface area contributed by atoms with Crippen molar-refractivity contribution in [3.8, 4) is 5.75 Å². The highest BCUT2D eigenvalue weighted by Gasteiger charge is 2.29. The lowest BCUT2D eigenvalue weighted by Crippen LogP contribution is -2.48. The van der Waals surface area contributed by atoms with Gasteiger partial charge in [-0.25, -0.2) is 0 Å². The highest BCUT2D eigenvalue weighted by atomic mass is 16.6. The molecule has 1 aromatic rings. The second-order valence-electron chi connectivity index (χ2n) is 8.78. The zero-order valence-corrected chi connectivity index (χ0v) is 20.3. The van der Waals surface area contributed by atoms with E-state index in [4.69, 9.17) is 9.57 Å². The first kappa shape index (κ1) is 24.4. The van der Waals surface area contributed by atoms with Gasteiger partial charge >= 0.3 is 0 Å². The van der Waals surface area contributed by atoms with Crippen LogP contribution >= 0.6 is 0 Å². The highest BCUT2D eigenvalue weighted by Crippen LogP contribution is 2.30. The predicted octanol–water partition coefficient (Wildman–Crippen LogP) is 3.78. The molecule has 1 atom stereocenters. The maximum absolute atomic E-state index is 12.0. The summed E-state index contributed by atoms with van der Waals surface area (Å²) in [4.78, 5) is 24.5. The van der Waals surface area contributed by atoms with Gasteiger partial charge in [-0.1, -0.05) is 31.1 Å². The first-order valence-electron chi connectivity index (χ1n) is 12.3. The van der Waals surface area contributed by atoms with Gasteiger partial charge in [0, 0.05) is 52.1 Å². The molecule has 0 N–H and O–H groups in total. The maximum Gasteiger partial charge on any atom is 0.222 e. The minimum Gasteiger partial charge on any atom is -0.489 e. The minimum absolute atomic E-state index is 0.100. The van der Waals surface area contributed by atoms with E-state index in [9.17, 15) is 4.79 Å². The average molecular weight is 445 g/mol. The Morgan fingerprint density at radius 2 is 1.84 bits per heavy atom. The van der Waals surface area contributed by atoms with Gasteiger partial charge in [0.05, 0.1) is 24.0 Å². The van der Waals surface area contributed by atoms with Gasteiger partial charge in [0.1, 0.15) is 11.9 Å². The summed E-state index contributed by atoms with van der Waals surface area (Å²) < 4.78 is 6.00. The number of benzene rings is 1. The van der Waals surface area contributed by atoms with E-state index in [0.29, 0.717) is 13.0 Å². The van der Waals surface area contributed by atoms with E-state index in [2.05, 4.69) is 47.0 Å². The summed E-state index contributed by atoms with van der Waals surface area (Å²) in [6, 6.07) is 8.31. The van der Waals surface area contributed by atoms with Gasteiger partial charge in [-0.3, -0.25) is 9.69 Å². The van der Waals surface area contributed by atoms with Gasteiger partial charge in [0.15, 0.2) is 0 Å². The second-order valence-corrected chi connectivity index (χ2v) is 8.78. The number of ether oxygens (including phenoxy) is 1. The topological polar surface area (TPSA) is 57.6 Å². The summed E-state index contributed by atoms with van der Waals surface area (Å²) in [6.45, 7) is 14.4. The number of carbonyl (C=O) groups is 1. The summed E-state index contributed by atoms with van der Waals surface area (Å²) in [5.74, 6) is 1.22. The van der Waals surface area contributed by atoms with E-state index in [1.54, 1.807) is 0 Å². The summed E-state index contributed by atoms with van der Waals surface area (Å²) in [5.41, 5.74) is 2.19. The number of carbonyl (C=O) groups excluding carboxylic acids is 1. The molecule has 0 radical (unpaired) electrons. The Hall–Kier alpha value is -2.28. The van der Waals surface area contributed by atoms with E-state index in [1.807, 2.05) is 24.8 Å². The Morgan fingerprint density at radius 3 is 2.56 bits per heavy atom. The molecule has 3 heterocycles. The molecule has 0 aromatic heterocycles. The number of nitrogens with zero attached hydrogens (tertiary/aromatic N) is 4. The van der Waals surface area contributed by atoms with Crippen molar-refractivity contribution < 1.29 is 14.4 Å². The van der Waals surface area contributed by atoms with Crippen molar-refractivity contribution in [2.75, 3.05) is 50.7 Å². The van der Waals surface area contributed by atoms with Crippen LogP contribution in [0.2, 0.25) is 0 Å². The molecule has 1 amide bonds. The van der Waals surface area contributed by atoms with Gasteiger partial charge in [-0.05, 0) is 38.8 Å². The van der Waals surface area contributed by atoms with Crippen LogP contribution < -0.4 is 9.64 Å². The van der Waals surface area contributed by atoms with Crippen molar-refractivity contribution in [1.82, 2.24) is 9.80 Å². The zero-order chi connectivity index (χ0) is 22.9. The number of rotatable bonds is 7. The Bertz CT molecular complexity index is 759. The van der Waals surface area contributed by atoms with Crippen LogP contribution in [0.4, 0.5) is 5.69 Å². The molecule has 2 fully saturated rings. The summed E-state index contributed by atoms with van der Waals surface area (Å²) in [6.07, 6.45) is 3.88. The van der Waals surface area contributed by atoms with E-state index < -0.39 is 0 Å². The molecular formula is C25H40N4O3. The van der Waals surface area contributed by atoms with Crippen molar-refractivity contribution in [3.05, 3.63) is 24.3 Å². The van der Waals surface area contributed by atoms with Crippen molar-refractivity contribution in [1.29, 1.82) is 0 Å². The number of hydrogen-bond acceptors (Lipinski definition) is 6. The van der Waals surface area contributed by atoms with Crippen LogP contribution in [0.5, 0.6) is 5.75 Å². The molecule has 3 aliphatic heterocycles. The first-order valence-corrected chi connectivity index (χ1v) is 12.3. The molecule has 7 heteroatoms. The van der Waals surface area contributed by atoms with Crippen molar-refractivity contribution in [3.63, 3.8) is 0 Å². The number of amides is 1. The monoisotopic (exact) mass is 444 g/mol. The zero-order valence-electron chi connectivity index (χ0n) is 20.3. The SMILES string of the molecule is CC.CC(C)Oc1ccccc1N1CCN(CC2CC(CN3CCCCC3=O)=NO2)CC1. The van der Waals surface area contributed by atoms with Crippen LogP contribution in [0.25, 0.3) is 0 Å². The number of piperazine rings is 1. The Kier molecular flexibility index (Phi) is 9.21. The summed E-state index contributed by atoms with van der Waals surface area (Å²) in [7, 11) is 0.